The third-order valence-corrected chi connectivity index (χ3v) is 3.40. The highest BCUT2D eigenvalue weighted by Gasteiger charge is 2.09. The second-order valence-corrected chi connectivity index (χ2v) is 5.39. The number of carbonyl (C=O) groups excluding carboxylic acids is 1. The van der Waals surface area contributed by atoms with E-state index in [4.69, 9.17) is 0 Å². The zero-order valence-corrected chi connectivity index (χ0v) is 13.1. The first-order chi connectivity index (χ1) is 11.6. The summed E-state index contributed by atoms with van der Waals surface area (Å²) in [5, 5.41) is 5.93. The summed E-state index contributed by atoms with van der Waals surface area (Å²) in [6.45, 7) is 2.01. The fourth-order valence-corrected chi connectivity index (χ4v) is 2.25. The molecule has 3 rings (SSSR count). The molecule has 1 heterocycles. The fraction of sp³-hybridized carbons (Fsp3) is 0.0526. The predicted molar refractivity (Wildman–Crippen MR) is 93.1 cm³/mol. The van der Waals surface area contributed by atoms with Gasteiger partial charge in [-0.05, 0) is 61.0 Å². The van der Waals surface area contributed by atoms with Crippen LogP contribution >= 0.6 is 0 Å². The summed E-state index contributed by atoms with van der Waals surface area (Å²) in [7, 11) is 0. The number of amides is 1. The van der Waals surface area contributed by atoms with Crippen LogP contribution in [-0.4, -0.2) is 10.9 Å². The zero-order valence-electron chi connectivity index (χ0n) is 13.1. The summed E-state index contributed by atoms with van der Waals surface area (Å²) < 4.78 is 12.9. The minimum absolute atomic E-state index is 0.275. The Hall–Kier alpha value is -3.21. The van der Waals surface area contributed by atoms with Crippen LogP contribution in [0.5, 0.6) is 0 Å². The first kappa shape index (κ1) is 15.7. The van der Waals surface area contributed by atoms with Crippen LogP contribution in [0, 0.1) is 12.7 Å². The first-order valence-electron chi connectivity index (χ1n) is 7.47. The van der Waals surface area contributed by atoms with Crippen molar-refractivity contribution < 1.29 is 9.18 Å². The molecule has 3 aromatic rings. The largest absolute Gasteiger partial charge is 0.355 e. The van der Waals surface area contributed by atoms with Crippen molar-refractivity contribution in [2.24, 2.45) is 0 Å². The number of rotatable bonds is 4. The van der Waals surface area contributed by atoms with E-state index in [0.717, 1.165) is 16.9 Å². The van der Waals surface area contributed by atoms with Crippen molar-refractivity contribution in [3.63, 3.8) is 0 Å². The Bertz CT molecular complexity index is 862. The summed E-state index contributed by atoms with van der Waals surface area (Å²) in [5.74, 6) is -0.704. The molecule has 0 spiro atoms. The number of aryl methyl sites for hydroxylation is 1. The molecule has 0 aliphatic rings. The maximum atomic E-state index is 12.9. The lowest BCUT2D eigenvalue weighted by atomic mass is 10.2. The molecule has 1 amide bonds. The zero-order chi connectivity index (χ0) is 16.9. The predicted octanol–water partition coefficient (Wildman–Crippen LogP) is 4.53. The first-order valence-corrected chi connectivity index (χ1v) is 7.47. The van der Waals surface area contributed by atoms with E-state index in [2.05, 4.69) is 15.6 Å². The van der Waals surface area contributed by atoms with Gasteiger partial charge in [-0.1, -0.05) is 12.1 Å². The van der Waals surface area contributed by atoms with Gasteiger partial charge in [-0.2, -0.15) is 0 Å². The number of aromatic nitrogens is 1. The van der Waals surface area contributed by atoms with E-state index in [9.17, 15) is 9.18 Å². The van der Waals surface area contributed by atoms with Crippen LogP contribution in [0.4, 0.5) is 21.5 Å². The van der Waals surface area contributed by atoms with Gasteiger partial charge in [0, 0.05) is 23.3 Å². The van der Waals surface area contributed by atoms with Gasteiger partial charge in [-0.3, -0.25) is 9.78 Å². The van der Waals surface area contributed by atoms with E-state index in [-0.39, 0.29) is 17.4 Å². The normalized spacial score (nSPS) is 10.2. The molecule has 120 valence electrons. The van der Waals surface area contributed by atoms with Crippen molar-refractivity contribution in [3.05, 3.63) is 83.9 Å². The number of hydrogen-bond donors (Lipinski definition) is 2. The van der Waals surface area contributed by atoms with Crippen LogP contribution in [0.2, 0.25) is 0 Å². The van der Waals surface area contributed by atoms with E-state index in [1.54, 1.807) is 18.3 Å². The molecule has 4 nitrogen and oxygen atoms in total. The molecular weight excluding hydrogens is 305 g/mol. The Labute approximate surface area is 139 Å². The molecule has 0 aliphatic carbocycles. The highest BCUT2D eigenvalue weighted by atomic mass is 19.1. The van der Waals surface area contributed by atoms with Crippen molar-refractivity contribution in [3.8, 4) is 0 Å². The summed E-state index contributed by atoms with van der Waals surface area (Å²) in [6.07, 6.45) is 1.57. The van der Waals surface area contributed by atoms with Crippen molar-refractivity contribution >= 4 is 23.0 Å². The number of nitrogens with one attached hydrogen (secondary N) is 2. The number of benzene rings is 2. The van der Waals surface area contributed by atoms with Crippen molar-refractivity contribution in [2.75, 3.05) is 10.6 Å². The van der Waals surface area contributed by atoms with Crippen LogP contribution in [0.25, 0.3) is 0 Å². The molecule has 1 aromatic heterocycles. The smallest absolute Gasteiger partial charge is 0.274 e. The number of anilines is 3. The van der Waals surface area contributed by atoms with Gasteiger partial charge in [0.1, 0.15) is 11.5 Å². The summed E-state index contributed by atoms with van der Waals surface area (Å²) in [4.78, 5) is 16.3. The van der Waals surface area contributed by atoms with Gasteiger partial charge in [0.15, 0.2) is 0 Å². The van der Waals surface area contributed by atoms with Crippen LogP contribution < -0.4 is 10.6 Å². The monoisotopic (exact) mass is 321 g/mol. The van der Waals surface area contributed by atoms with Gasteiger partial charge in [0.2, 0.25) is 0 Å². The third-order valence-electron chi connectivity index (χ3n) is 3.40. The molecule has 0 saturated carbocycles. The molecule has 24 heavy (non-hydrogen) atoms. The molecule has 2 aromatic carbocycles. The quantitative estimate of drug-likeness (QED) is 0.742. The van der Waals surface area contributed by atoms with Gasteiger partial charge in [0.05, 0.1) is 0 Å². The van der Waals surface area contributed by atoms with E-state index < -0.39 is 0 Å². The lowest BCUT2D eigenvalue weighted by molar-refractivity contribution is 0.102. The number of carbonyl (C=O) groups is 1. The number of pyridine rings is 1. The van der Waals surface area contributed by atoms with Gasteiger partial charge < -0.3 is 10.6 Å². The summed E-state index contributed by atoms with van der Waals surface area (Å²) >= 11 is 0. The van der Waals surface area contributed by atoms with Gasteiger partial charge in [-0.15, -0.1) is 0 Å². The minimum Gasteiger partial charge on any atom is -0.355 e. The van der Waals surface area contributed by atoms with Crippen LogP contribution in [-0.2, 0) is 0 Å². The highest BCUT2D eigenvalue weighted by Crippen LogP contribution is 2.18. The van der Waals surface area contributed by atoms with Gasteiger partial charge in [-0.25, -0.2) is 4.39 Å². The van der Waals surface area contributed by atoms with Gasteiger partial charge >= 0.3 is 0 Å². The Balaban J connectivity index is 1.74. The van der Waals surface area contributed by atoms with Crippen molar-refractivity contribution in [2.45, 2.75) is 6.92 Å². The second-order valence-electron chi connectivity index (χ2n) is 5.39. The topological polar surface area (TPSA) is 54.0 Å². The molecule has 0 atom stereocenters. The molecule has 0 unspecified atom stereocenters. The van der Waals surface area contributed by atoms with E-state index in [1.165, 1.54) is 24.3 Å². The van der Waals surface area contributed by atoms with Crippen molar-refractivity contribution in [1.82, 2.24) is 4.98 Å². The molecule has 0 fully saturated rings. The standard InChI is InChI=1S/C19H16FN3O/c1-13-3-2-4-16(11-13)22-17-9-10-21-18(12-17)19(24)23-15-7-5-14(20)6-8-15/h2-12H,1H3,(H,21,22)(H,23,24). The van der Waals surface area contributed by atoms with Crippen LogP contribution in [0.1, 0.15) is 16.1 Å². The van der Waals surface area contributed by atoms with E-state index >= 15 is 0 Å². The maximum absolute atomic E-state index is 12.9. The molecule has 5 heteroatoms. The average molecular weight is 321 g/mol. The van der Waals surface area contributed by atoms with E-state index in [0.29, 0.717) is 5.69 Å². The lowest BCUT2D eigenvalue weighted by Crippen LogP contribution is -2.13. The van der Waals surface area contributed by atoms with E-state index in [1.807, 2.05) is 31.2 Å². The second kappa shape index (κ2) is 6.91. The molecule has 0 radical (unpaired) electrons. The Morgan fingerprint density at radius 2 is 1.71 bits per heavy atom. The third kappa shape index (κ3) is 3.95. The molecule has 0 aliphatic heterocycles. The van der Waals surface area contributed by atoms with Gasteiger partial charge in [0.25, 0.3) is 5.91 Å². The molecule has 0 bridgehead atoms. The summed E-state index contributed by atoms with van der Waals surface area (Å²) in [6, 6.07) is 17.0. The number of halogens is 1. The molecular formula is C19H16FN3O. The van der Waals surface area contributed by atoms with Crippen LogP contribution in [0.3, 0.4) is 0 Å². The molecule has 0 saturated heterocycles. The SMILES string of the molecule is Cc1cccc(Nc2ccnc(C(=O)Nc3ccc(F)cc3)c2)c1. The average Bonchev–Trinajstić information content (AvgIpc) is 2.57. The Kier molecular flexibility index (Phi) is 4.52. The number of hydrogen-bond acceptors (Lipinski definition) is 3. The Morgan fingerprint density at radius 1 is 0.958 bits per heavy atom. The van der Waals surface area contributed by atoms with Crippen molar-refractivity contribution in [1.29, 1.82) is 0 Å². The minimum atomic E-state index is -0.352. The lowest BCUT2D eigenvalue weighted by Gasteiger charge is -2.09. The Morgan fingerprint density at radius 3 is 2.46 bits per heavy atom. The summed E-state index contributed by atoms with van der Waals surface area (Å²) in [5.41, 5.74) is 3.63. The number of nitrogens with zero attached hydrogens (tertiary/aromatic N) is 1. The van der Waals surface area contributed by atoms with Crippen LogP contribution in [0.15, 0.2) is 66.9 Å². The maximum Gasteiger partial charge on any atom is 0.274 e. The fourth-order valence-electron chi connectivity index (χ4n) is 2.25. The highest BCUT2D eigenvalue weighted by molar-refractivity contribution is 6.03. The molecule has 2 N–H and O–H groups in total.